The summed E-state index contributed by atoms with van der Waals surface area (Å²) >= 11 is 0. The first-order valence-corrected chi connectivity index (χ1v) is 8.60. The van der Waals surface area contributed by atoms with Gasteiger partial charge in [-0.25, -0.2) is 19.2 Å². The first-order valence-electron chi connectivity index (χ1n) is 8.60. The Morgan fingerprint density at radius 2 is 0.857 bits per heavy atom. The minimum Gasteiger partial charge on any atom is -0.460 e. The minimum absolute atomic E-state index is 0.0360. The number of carbonyl (C=O) groups excluding carboxylic acids is 4. The quantitative estimate of drug-likeness (QED) is 0.408. The molecule has 0 saturated heterocycles. The van der Waals surface area contributed by atoms with Gasteiger partial charge >= 0.3 is 23.9 Å². The standard InChI is InChI=1S/C18H24O10/c1-13-11-15(19)25-7-3-24-6-10-28-18(22)14(2)12-16(20)26-8-4-23-5-9-27-17(13)21/h11-12H,3-10H2,1-2H3/b13-11-,14-12-. The van der Waals surface area contributed by atoms with Crippen LogP contribution in [-0.2, 0) is 47.6 Å². The Kier molecular flexibility index (Phi) is 11.2. The molecule has 156 valence electrons. The lowest BCUT2D eigenvalue weighted by atomic mass is 10.3. The van der Waals surface area contributed by atoms with Crippen molar-refractivity contribution in [2.24, 2.45) is 0 Å². The zero-order valence-corrected chi connectivity index (χ0v) is 15.9. The molecule has 10 heteroatoms. The third kappa shape index (κ3) is 10.4. The van der Waals surface area contributed by atoms with Crippen LogP contribution < -0.4 is 0 Å². The van der Waals surface area contributed by atoms with Crippen molar-refractivity contribution in [3.8, 4) is 0 Å². The van der Waals surface area contributed by atoms with Crippen LogP contribution >= 0.6 is 0 Å². The highest BCUT2D eigenvalue weighted by Gasteiger charge is 2.11. The first kappa shape index (κ1) is 23.3. The molecule has 0 bridgehead atoms. The van der Waals surface area contributed by atoms with Crippen LogP contribution in [-0.4, -0.2) is 76.7 Å². The molecule has 0 aromatic heterocycles. The summed E-state index contributed by atoms with van der Waals surface area (Å²) in [5.41, 5.74) is 0.159. The van der Waals surface area contributed by atoms with E-state index in [1.54, 1.807) is 0 Å². The molecule has 1 aliphatic rings. The zero-order chi connectivity index (χ0) is 20.8. The molecule has 0 N–H and O–H groups in total. The number of esters is 4. The Bertz CT molecular complexity index is 566. The molecule has 0 unspecified atom stereocenters. The van der Waals surface area contributed by atoms with Gasteiger partial charge in [-0.05, 0) is 13.8 Å². The second-order valence-electron chi connectivity index (χ2n) is 5.49. The van der Waals surface area contributed by atoms with Crippen molar-refractivity contribution in [3.05, 3.63) is 23.3 Å². The van der Waals surface area contributed by atoms with Gasteiger partial charge in [0.2, 0.25) is 0 Å². The molecule has 1 rings (SSSR count). The molecule has 0 atom stereocenters. The molecule has 10 nitrogen and oxygen atoms in total. The summed E-state index contributed by atoms with van der Waals surface area (Å²) in [4.78, 5) is 46.6. The summed E-state index contributed by atoms with van der Waals surface area (Å²) in [5, 5.41) is 0. The second kappa shape index (κ2) is 13.4. The van der Waals surface area contributed by atoms with Gasteiger partial charge in [-0.1, -0.05) is 0 Å². The number of cyclic esters (lactones) is 4. The van der Waals surface area contributed by atoms with E-state index in [9.17, 15) is 19.2 Å². The lowest BCUT2D eigenvalue weighted by Gasteiger charge is -2.08. The number of ether oxygens (including phenoxy) is 6. The van der Waals surface area contributed by atoms with Gasteiger partial charge in [0.05, 0.1) is 26.4 Å². The van der Waals surface area contributed by atoms with Crippen LogP contribution in [0.3, 0.4) is 0 Å². The number of carbonyl (C=O) groups is 4. The molecule has 0 radical (unpaired) electrons. The maximum atomic E-state index is 11.7. The summed E-state index contributed by atoms with van der Waals surface area (Å²) in [5.74, 6) is -2.75. The lowest BCUT2D eigenvalue weighted by Crippen LogP contribution is -2.17. The molecule has 0 amide bonds. The Balaban J connectivity index is 2.57. The number of rotatable bonds is 0. The summed E-state index contributed by atoms with van der Waals surface area (Å²) < 4.78 is 29.9. The van der Waals surface area contributed by atoms with Crippen LogP contribution in [0.1, 0.15) is 13.8 Å². The maximum Gasteiger partial charge on any atom is 0.334 e. The van der Waals surface area contributed by atoms with Crippen LogP contribution in [0.15, 0.2) is 23.3 Å². The fourth-order valence-electron chi connectivity index (χ4n) is 1.78. The largest absolute Gasteiger partial charge is 0.460 e. The van der Waals surface area contributed by atoms with Crippen LogP contribution in [0, 0.1) is 0 Å². The van der Waals surface area contributed by atoms with E-state index in [4.69, 9.17) is 28.4 Å². The lowest BCUT2D eigenvalue weighted by molar-refractivity contribution is -0.145. The van der Waals surface area contributed by atoms with Gasteiger partial charge in [0, 0.05) is 23.3 Å². The van der Waals surface area contributed by atoms with Crippen LogP contribution in [0.4, 0.5) is 0 Å². The van der Waals surface area contributed by atoms with E-state index in [0.29, 0.717) is 0 Å². The third-order valence-electron chi connectivity index (χ3n) is 3.18. The van der Waals surface area contributed by atoms with Gasteiger partial charge in [-0.15, -0.1) is 0 Å². The van der Waals surface area contributed by atoms with Gasteiger partial charge < -0.3 is 28.4 Å². The molecule has 0 fully saturated rings. The van der Waals surface area contributed by atoms with Crippen molar-refractivity contribution >= 4 is 23.9 Å². The van der Waals surface area contributed by atoms with Crippen molar-refractivity contribution in [1.82, 2.24) is 0 Å². The van der Waals surface area contributed by atoms with E-state index in [1.807, 2.05) is 0 Å². The summed E-state index contributed by atoms with van der Waals surface area (Å²) in [6, 6.07) is 0. The molecule has 0 aliphatic carbocycles. The minimum atomic E-state index is -0.703. The Morgan fingerprint density at radius 1 is 0.536 bits per heavy atom. The molecule has 0 saturated carbocycles. The summed E-state index contributed by atoms with van der Waals surface area (Å²) in [6.07, 6.45) is 2.04. The van der Waals surface area contributed by atoms with Crippen LogP contribution in [0.25, 0.3) is 0 Å². The molecule has 0 aromatic rings. The highest BCUT2D eigenvalue weighted by atomic mass is 16.6. The van der Waals surface area contributed by atoms with Crippen molar-refractivity contribution in [2.75, 3.05) is 52.9 Å². The van der Waals surface area contributed by atoms with Crippen LogP contribution in [0.5, 0.6) is 0 Å². The van der Waals surface area contributed by atoms with Gasteiger partial charge in [0.25, 0.3) is 0 Å². The molecule has 0 aromatic carbocycles. The normalized spacial score (nSPS) is 23.9. The maximum absolute atomic E-state index is 11.7. The molecular formula is C18H24O10. The third-order valence-corrected chi connectivity index (χ3v) is 3.18. The second-order valence-corrected chi connectivity index (χ2v) is 5.49. The fraction of sp³-hybridized carbons (Fsp3) is 0.556. The zero-order valence-electron chi connectivity index (χ0n) is 15.9. The van der Waals surface area contributed by atoms with Gasteiger partial charge in [0.1, 0.15) is 26.4 Å². The highest BCUT2D eigenvalue weighted by Crippen LogP contribution is 2.00. The molecule has 28 heavy (non-hydrogen) atoms. The highest BCUT2D eigenvalue weighted by molar-refractivity contribution is 5.96. The number of hydrogen-bond acceptors (Lipinski definition) is 10. The molecular weight excluding hydrogens is 376 g/mol. The van der Waals surface area contributed by atoms with Crippen LogP contribution in [0.2, 0.25) is 0 Å². The SMILES string of the molecule is C/C1=C/C(=O)OCCOCCOC(=O)/C(C)=C\C(=O)OCCOCCOC1=O. The fourth-order valence-corrected chi connectivity index (χ4v) is 1.78. The average Bonchev–Trinajstić information content (AvgIpc) is 2.65. The molecule has 1 heterocycles. The van der Waals surface area contributed by atoms with Gasteiger partial charge in [-0.3, -0.25) is 0 Å². The Hall–Kier alpha value is -2.72. The summed E-state index contributed by atoms with van der Waals surface area (Å²) in [7, 11) is 0. The molecule has 0 spiro atoms. The van der Waals surface area contributed by atoms with E-state index in [2.05, 4.69) is 0 Å². The molecule has 1 aliphatic heterocycles. The first-order chi connectivity index (χ1) is 13.4. The van der Waals surface area contributed by atoms with E-state index < -0.39 is 23.9 Å². The topological polar surface area (TPSA) is 124 Å². The van der Waals surface area contributed by atoms with Gasteiger partial charge in [0.15, 0.2) is 0 Å². The van der Waals surface area contributed by atoms with Crippen molar-refractivity contribution in [3.63, 3.8) is 0 Å². The summed E-state index contributed by atoms with van der Waals surface area (Å²) in [6.45, 7) is 3.02. The Morgan fingerprint density at radius 3 is 1.21 bits per heavy atom. The smallest absolute Gasteiger partial charge is 0.334 e. The van der Waals surface area contributed by atoms with E-state index in [0.717, 1.165) is 12.2 Å². The van der Waals surface area contributed by atoms with E-state index in [1.165, 1.54) is 13.8 Å². The Labute approximate surface area is 162 Å². The predicted molar refractivity (Wildman–Crippen MR) is 93.0 cm³/mol. The van der Waals surface area contributed by atoms with Crippen molar-refractivity contribution < 1.29 is 47.6 Å². The monoisotopic (exact) mass is 400 g/mol. The van der Waals surface area contributed by atoms with E-state index >= 15 is 0 Å². The van der Waals surface area contributed by atoms with Gasteiger partial charge in [-0.2, -0.15) is 0 Å². The van der Waals surface area contributed by atoms with Crippen molar-refractivity contribution in [1.29, 1.82) is 0 Å². The predicted octanol–water partition coefficient (Wildman–Crippen LogP) is 0.0986. The number of hydrogen-bond donors (Lipinski definition) is 0. The average molecular weight is 400 g/mol. The van der Waals surface area contributed by atoms with Crippen molar-refractivity contribution in [2.45, 2.75) is 13.8 Å². The van der Waals surface area contributed by atoms with E-state index in [-0.39, 0.29) is 64.0 Å².